The van der Waals surface area contributed by atoms with E-state index in [0.29, 0.717) is 11.1 Å². The summed E-state index contributed by atoms with van der Waals surface area (Å²) in [7, 11) is -4.09. The summed E-state index contributed by atoms with van der Waals surface area (Å²) in [6, 6.07) is 15.5. The highest BCUT2D eigenvalue weighted by Crippen LogP contribution is 2.28. The van der Waals surface area contributed by atoms with Gasteiger partial charge in [0.05, 0.1) is 22.7 Å². The third-order valence-corrected chi connectivity index (χ3v) is 8.59. The van der Waals surface area contributed by atoms with Crippen LogP contribution in [0.3, 0.4) is 0 Å². The predicted molar refractivity (Wildman–Crippen MR) is 157 cm³/mol. The van der Waals surface area contributed by atoms with Crippen LogP contribution in [0, 0.1) is 12.8 Å². The molecule has 0 aliphatic heterocycles. The fourth-order valence-electron chi connectivity index (χ4n) is 4.61. The number of nitrogens with two attached hydrogens (primary N) is 2. The lowest BCUT2D eigenvalue weighted by Crippen LogP contribution is -2.51. The van der Waals surface area contributed by atoms with Crippen LogP contribution in [0.25, 0.3) is 11.1 Å². The molecule has 0 unspecified atom stereocenters. The molecule has 0 saturated carbocycles. The van der Waals surface area contributed by atoms with Crippen LogP contribution >= 0.6 is 0 Å². The van der Waals surface area contributed by atoms with Crippen molar-refractivity contribution >= 4 is 38.7 Å². The monoisotopic (exact) mass is 581 g/mol. The first-order valence-corrected chi connectivity index (χ1v) is 14.6. The van der Waals surface area contributed by atoms with Gasteiger partial charge in [0, 0.05) is 30.3 Å². The van der Waals surface area contributed by atoms with Gasteiger partial charge in [0.15, 0.2) is 5.58 Å². The maximum absolute atomic E-state index is 13.8. The molecule has 4 rings (SSSR count). The molecule has 12 heteroatoms. The number of nitrogen functional groups attached to an aromatic ring is 2. The van der Waals surface area contributed by atoms with E-state index < -0.39 is 28.1 Å². The molecule has 41 heavy (non-hydrogen) atoms. The van der Waals surface area contributed by atoms with Gasteiger partial charge in [0.2, 0.25) is 10.0 Å². The Labute approximate surface area is 238 Å². The highest BCUT2D eigenvalue weighted by molar-refractivity contribution is 7.89. The largest absolute Gasteiger partial charge is 0.505 e. The Morgan fingerprint density at radius 2 is 1.78 bits per heavy atom. The maximum atomic E-state index is 13.8. The molecule has 0 radical (unpaired) electrons. The number of aliphatic hydroxyl groups excluding tert-OH is 1. The van der Waals surface area contributed by atoms with Crippen molar-refractivity contribution < 1.29 is 27.8 Å². The molecule has 0 fully saturated rings. The second-order valence-electron chi connectivity index (χ2n) is 10.4. The second-order valence-corrected chi connectivity index (χ2v) is 12.3. The first kappa shape index (κ1) is 29.8. The number of anilines is 2. The van der Waals surface area contributed by atoms with Gasteiger partial charge in [-0.15, -0.1) is 0 Å². The number of aromatic hydroxyl groups is 1. The predicted octanol–water partition coefficient (Wildman–Crippen LogP) is 3.06. The summed E-state index contributed by atoms with van der Waals surface area (Å²) in [5.41, 5.74) is 13.5. The van der Waals surface area contributed by atoms with Crippen molar-refractivity contribution in [2.24, 2.45) is 5.92 Å². The summed E-state index contributed by atoms with van der Waals surface area (Å²) >= 11 is 0. The molecule has 0 bridgehead atoms. The van der Waals surface area contributed by atoms with Crippen molar-refractivity contribution in [1.82, 2.24) is 14.6 Å². The van der Waals surface area contributed by atoms with Gasteiger partial charge in [-0.05, 0) is 49.1 Å². The zero-order valence-electron chi connectivity index (χ0n) is 23.1. The smallest absolute Gasteiger partial charge is 0.292 e. The number of oxazole rings is 1. The average Bonchev–Trinajstić information content (AvgIpc) is 3.30. The minimum absolute atomic E-state index is 0.0365. The quantitative estimate of drug-likeness (QED) is 0.131. The van der Waals surface area contributed by atoms with Crippen LogP contribution in [0.1, 0.15) is 35.3 Å². The number of benzene rings is 3. The molecule has 218 valence electrons. The van der Waals surface area contributed by atoms with E-state index in [1.807, 2.05) is 44.2 Å². The van der Waals surface area contributed by atoms with Crippen molar-refractivity contribution in [3.05, 3.63) is 77.4 Å². The fourth-order valence-corrected chi connectivity index (χ4v) is 6.25. The number of fused-ring (bicyclic) bond motifs is 1. The third kappa shape index (κ3) is 6.79. The summed E-state index contributed by atoms with van der Waals surface area (Å²) in [4.78, 5) is 17.3. The molecule has 11 nitrogen and oxygen atoms in total. The number of carbonyl (C=O) groups excluding carboxylic acids is 1. The highest BCUT2D eigenvalue weighted by Gasteiger charge is 2.32. The van der Waals surface area contributed by atoms with E-state index in [1.165, 1.54) is 34.6 Å². The number of phenols is 1. The SMILES string of the molecule is Cc1c(C(=O)N[C@@H](Cc2ccccc2)[C@H](O)CN(CC(C)C)S(=O)(=O)c2ccc3nc(N)oc3c2)ccc(N)c1O. The number of aromatic nitrogens is 1. The van der Waals surface area contributed by atoms with Gasteiger partial charge < -0.3 is 31.4 Å². The van der Waals surface area contributed by atoms with Gasteiger partial charge in [-0.25, -0.2) is 8.42 Å². The summed E-state index contributed by atoms with van der Waals surface area (Å²) in [5.74, 6) is -0.800. The van der Waals surface area contributed by atoms with Gasteiger partial charge in [-0.1, -0.05) is 44.2 Å². The number of carbonyl (C=O) groups is 1. The van der Waals surface area contributed by atoms with Crippen molar-refractivity contribution in [3.8, 4) is 5.75 Å². The summed E-state index contributed by atoms with van der Waals surface area (Å²) in [6.45, 7) is 5.14. The van der Waals surface area contributed by atoms with Gasteiger partial charge >= 0.3 is 0 Å². The van der Waals surface area contributed by atoms with E-state index >= 15 is 0 Å². The van der Waals surface area contributed by atoms with Crippen LogP contribution in [-0.2, 0) is 16.4 Å². The number of amides is 1. The minimum Gasteiger partial charge on any atom is -0.505 e. The number of aliphatic hydroxyl groups is 1. The summed E-state index contributed by atoms with van der Waals surface area (Å²) in [5, 5.41) is 24.6. The Morgan fingerprint density at radius 3 is 2.46 bits per heavy atom. The maximum Gasteiger partial charge on any atom is 0.292 e. The van der Waals surface area contributed by atoms with Crippen LogP contribution in [0.2, 0.25) is 0 Å². The Hall–Kier alpha value is -4.13. The molecule has 0 saturated heterocycles. The second kappa shape index (κ2) is 12.2. The van der Waals surface area contributed by atoms with E-state index in [9.17, 15) is 23.4 Å². The lowest BCUT2D eigenvalue weighted by molar-refractivity contribution is 0.0775. The highest BCUT2D eigenvalue weighted by atomic mass is 32.2. The number of hydrogen-bond donors (Lipinski definition) is 5. The van der Waals surface area contributed by atoms with E-state index in [2.05, 4.69) is 10.3 Å². The Bertz CT molecular complexity index is 1640. The van der Waals surface area contributed by atoms with Crippen LogP contribution in [0.15, 0.2) is 70.0 Å². The van der Waals surface area contributed by atoms with E-state index in [0.717, 1.165) is 5.56 Å². The molecule has 7 N–H and O–H groups in total. The Kier molecular flexibility index (Phi) is 8.86. The number of nitrogens with zero attached hydrogens (tertiary/aromatic N) is 2. The lowest BCUT2D eigenvalue weighted by atomic mass is 9.99. The molecule has 0 spiro atoms. The number of phenolic OH excluding ortho intramolecular Hbond substituents is 1. The third-order valence-electron chi connectivity index (χ3n) is 6.76. The van der Waals surface area contributed by atoms with Crippen LogP contribution in [0.5, 0.6) is 5.75 Å². The first-order chi connectivity index (χ1) is 19.4. The molecular formula is C29H35N5O6S. The van der Waals surface area contributed by atoms with E-state index in [-0.39, 0.29) is 58.9 Å². The molecular weight excluding hydrogens is 546 g/mol. The average molecular weight is 582 g/mol. The standard InChI is InChI=1S/C29H35N5O6S/c1-17(2)15-34(41(38,39)20-9-12-23-26(14-20)40-29(31)33-23)16-25(35)24(13-19-7-5-4-6-8-19)32-28(37)21-10-11-22(30)27(36)18(21)3/h4-12,14,17,24-25,35-36H,13,15-16,30H2,1-3H3,(H2,31,33)(H,32,37)/t24-,25+/m0/s1. The molecule has 2 atom stereocenters. The molecule has 4 aromatic rings. The molecule has 1 aromatic heterocycles. The summed E-state index contributed by atoms with van der Waals surface area (Å²) < 4.78 is 34.1. The molecule has 1 heterocycles. The van der Waals surface area contributed by atoms with Gasteiger partial charge in [-0.2, -0.15) is 9.29 Å². The zero-order chi connectivity index (χ0) is 29.9. The van der Waals surface area contributed by atoms with E-state index in [1.54, 1.807) is 6.92 Å². The number of rotatable bonds is 11. The normalized spacial score (nSPS) is 13.5. The number of hydrogen-bond acceptors (Lipinski definition) is 9. The Morgan fingerprint density at radius 1 is 1.07 bits per heavy atom. The molecule has 0 aliphatic carbocycles. The van der Waals surface area contributed by atoms with Crippen molar-refractivity contribution in [3.63, 3.8) is 0 Å². The van der Waals surface area contributed by atoms with Crippen molar-refractivity contribution in [1.29, 1.82) is 0 Å². The van der Waals surface area contributed by atoms with Crippen LogP contribution in [-0.4, -0.2) is 59.1 Å². The lowest BCUT2D eigenvalue weighted by Gasteiger charge is -2.31. The van der Waals surface area contributed by atoms with Crippen molar-refractivity contribution in [2.75, 3.05) is 24.6 Å². The van der Waals surface area contributed by atoms with Crippen molar-refractivity contribution in [2.45, 2.75) is 44.2 Å². The van der Waals surface area contributed by atoms with Gasteiger partial charge in [0.1, 0.15) is 11.3 Å². The topological polar surface area (TPSA) is 185 Å². The molecule has 0 aliphatic rings. The first-order valence-electron chi connectivity index (χ1n) is 13.1. The summed E-state index contributed by atoms with van der Waals surface area (Å²) in [6.07, 6.45) is -1.06. The van der Waals surface area contributed by atoms with Gasteiger partial charge in [-0.3, -0.25) is 4.79 Å². The fraction of sp³-hybridized carbons (Fsp3) is 0.310. The number of sulfonamides is 1. The molecule has 1 amide bonds. The number of nitrogens with one attached hydrogen (secondary N) is 1. The zero-order valence-corrected chi connectivity index (χ0v) is 23.9. The minimum atomic E-state index is -4.09. The Balaban J connectivity index is 1.64. The van der Waals surface area contributed by atoms with Gasteiger partial charge in [0.25, 0.3) is 11.9 Å². The van der Waals surface area contributed by atoms with Crippen LogP contribution in [0.4, 0.5) is 11.7 Å². The van der Waals surface area contributed by atoms with E-state index in [4.69, 9.17) is 15.9 Å². The van der Waals surface area contributed by atoms with Crippen LogP contribution < -0.4 is 16.8 Å². The molecule has 3 aromatic carbocycles.